The van der Waals surface area contributed by atoms with E-state index in [9.17, 15) is 12.8 Å². The van der Waals surface area contributed by atoms with E-state index in [1.165, 1.54) is 23.5 Å². The summed E-state index contributed by atoms with van der Waals surface area (Å²) >= 11 is 6.03. The Kier molecular flexibility index (Phi) is 9.08. The van der Waals surface area contributed by atoms with Crippen molar-refractivity contribution in [3.05, 3.63) is 34.6 Å². The first-order valence-corrected chi connectivity index (χ1v) is 10.0. The van der Waals surface area contributed by atoms with Gasteiger partial charge in [0, 0.05) is 36.8 Å². The standard InChI is InChI=1S/C16H25ClFN3O2S.ClH/c1-3-11-21(13-7-9-19-10-8-13)24(22,23)20(2)12-14-15(17)5-4-6-16(14)18;/h4-6,13,19H,3,7-12H2,1-2H3;1H. The number of hydrogen-bond donors (Lipinski definition) is 1. The van der Waals surface area contributed by atoms with Crippen molar-refractivity contribution in [2.45, 2.75) is 38.8 Å². The van der Waals surface area contributed by atoms with Crippen LogP contribution in [0, 0.1) is 5.82 Å². The first kappa shape index (κ1) is 22.6. The van der Waals surface area contributed by atoms with E-state index in [0.717, 1.165) is 32.4 Å². The van der Waals surface area contributed by atoms with E-state index >= 15 is 0 Å². The molecule has 1 N–H and O–H groups in total. The molecule has 2 rings (SSSR count). The molecule has 25 heavy (non-hydrogen) atoms. The van der Waals surface area contributed by atoms with Gasteiger partial charge < -0.3 is 5.32 Å². The van der Waals surface area contributed by atoms with E-state index in [1.807, 2.05) is 6.92 Å². The third-order valence-corrected chi connectivity index (χ3v) is 6.64. The molecule has 144 valence electrons. The maximum atomic E-state index is 14.0. The normalized spacial score (nSPS) is 16.2. The molecule has 0 saturated carbocycles. The summed E-state index contributed by atoms with van der Waals surface area (Å²) in [6.45, 7) is 3.95. The van der Waals surface area contributed by atoms with Crippen molar-refractivity contribution in [2.24, 2.45) is 0 Å². The Morgan fingerprint density at radius 2 is 1.96 bits per heavy atom. The largest absolute Gasteiger partial charge is 0.317 e. The lowest BCUT2D eigenvalue weighted by Crippen LogP contribution is -2.50. The van der Waals surface area contributed by atoms with E-state index in [0.29, 0.717) is 6.54 Å². The molecule has 0 aromatic heterocycles. The van der Waals surface area contributed by atoms with E-state index in [-0.39, 0.29) is 35.6 Å². The Morgan fingerprint density at radius 1 is 1.32 bits per heavy atom. The smallest absolute Gasteiger partial charge is 0.282 e. The fraction of sp³-hybridized carbons (Fsp3) is 0.625. The predicted molar refractivity (Wildman–Crippen MR) is 102 cm³/mol. The molecule has 5 nitrogen and oxygen atoms in total. The van der Waals surface area contributed by atoms with Crippen LogP contribution in [-0.4, -0.2) is 49.8 Å². The molecule has 0 bridgehead atoms. The van der Waals surface area contributed by atoms with Gasteiger partial charge in [0.1, 0.15) is 5.82 Å². The van der Waals surface area contributed by atoms with Gasteiger partial charge in [-0.2, -0.15) is 17.0 Å². The molecule has 0 amide bonds. The van der Waals surface area contributed by atoms with Crippen LogP contribution in [0.15, 0.2) is 18.2 Å². The van der Waals surface area contributed by atoms with Crippen molar-refractivity contribution in [3.8, 4) is 0 Å². The van der Waals surface area contributed by atoms with Crippen LogP contribution in [0.1, 0.15) is 31.7 Å². The van der Waals surface area contributed by atoms with E-state index < -0.39 is 16.0 Å². The molecule has 1 heterocycles. The molecule has 0 unspecified atom stereocenters. The maximum absolute atomic E-state index is 14.0. The molecular formula is C16H26Cl2FN3O2S. The van der Waals surface area contributed by atoms with Crippen molar-refractivity contribution < 1.29 is 12.8 Å². The zero-order chi connectivity index (χ0) is 17.7. The van der Waals surface area contributed by atoms with Gasteiger partial charge in [0.15, 0.2) is 0 Å². The van der Waals surface area contributed by atoms with Crippen LogP contribution >= 0.6 is 24.0 Å². The Morgan fingerprint density at radius 3 is 2.52 bits per heavy atom. The summed E-state index contributed by atoms with van der Waals surface area (Å²) in [5.74, 6) is -0.492. The van der Waals surface area contributed by atoms with Gasteiger partial charge in [-0.1, -0.05) is 24.6 Å². The van der Waals surface area contributed by atoms with Gasteiger partial charge in [-0.25, -0.2) is 4.39 Å². The SMILES string of the molecule is CCCN(C1CCNCC1)S(=O)(=O)N(C)Cc1c(F)cccc1Cl.Cl. The Hall–Kier alpha value is -0.440. The number of piperidine rings is 1. The number of benzene rings is 1. The van der Waals surface area contributed by atoms with Crippen LogP contribution < -0.4 is 5.32 Å². The molecule has 1 aromatic rings. The summed E-state index contributed by atoms with van der Waals surface area (Å²) in [6.07, 6.45) is 2.30. The number of nitrogens with one attached hydrogen (secondary N) is 1. The molecule has 0 aliphatic carbocycles. The van der Waals surface area contributed by atoms with Crippen LogP contribution in [-0.2, 0) is 16.8 Å². The maximum Gasteiger partial charge on any atom is 0.282 e. The molecule has 9 heteroatoms. The molecule has 1 aromatic carbocycles. The lowest BCUT2D eigenvalue weighted by molar-refractivity contribution is 0.245. The fourth-order valence-corrected chi connectivity index (χ4v) is 4.84. The summed E-state index contributed by atoms with van der Waals surface area (Å²) in [4.78, 5) is 0. The van der Waals surface area contributed by atoms with E-state index in [1.54, 1.807) is 10.4 Å². The van der Waals surface area contributed by atoms with E-state index in [2.05, 4.69) is 5.32 Å². The molecule has 0 spiro atoms. The van der Waals surface area contributed by atoms with Gasteiger partial charge in [-0.05, 0) is 44.5 Å². The van der Waals surface area contributed by atoms with Crippen LogP contribution in [0.5, 0.6) is 0 Å². The van der Waals surface area contributed by atoms with Crippen molar-refractivity contribution in [1.29, 1.82) is 0 Å². The molecule has 0 radical (unpaired) electrons. The minimum Gasteiger partial charge on any atom is -0.317 e. The van der Waals surface area contributed by atoms with Gasteiger partial charge in [0.2, 0.25) is 0 Å². The van der Waals surface area contributed by atoms with Crippen LogP contribution in [0.2, 0.25) is 5.02 Å². The monoisotopic (exact) mass is 413 g/mol. The first-order valence-electron chi connectivity index (χ1n) is 8.24. The average molecular weight is 414 g/mol. The second kappa shape index (κ2) is 10.0. The second-order valence-electron chi connectivity index (χ2n) is 6.06. The van der Waals surface area contributed by atoms with Gasteiger partial charge >= 0.3 is 0 Å². The van der Waals surface area contributed by atoms with Gasteiger partial charge in [-0.15, -0.1) is 12.4 Å². The molecule has 1 fully saturated rings. The van der Waals surface area contributed by atoms with Crippen molar-refractivity contribution in [3.63, 3.8) is 0 Å². The summed E-state index contributed by atoms with van der Waals surface area (Å²) in [5.41, 5.74) is 0.201. The molecule has 1 aliphatic heterocycles. The highest BCUT2D eigenvalue weighted by atomic mass is 35.5. The van der Waals surface area contributed by atoms with Gasteiger partial charge in [0.25, 0.3) is 10.2 Å². The first-order chi connectivity index (χ1) is 11.4. The highest BCUT2D eigenvalue weighted by Gasteiger charge is 2.33. The third-order valence-electron chi connectivity index (χ3n) is 4.29. The lowest BCUT2D eigenvalue weighted by Gasteiger charge is -2.36. The summed E-state index contributed by atoms with van der Waals surface area (Å²) in [7, 11) is -2.21. The summed E-state index contributed by atoms with van der Waals surface area (Å²) < 4.78 is 42.7. The highest BCUT2D eigenvalue weighted by Crippen LogP contribution is 2.24. The summed E-state index contributed by atoms with van der Waals surface area (Å²) in [5, 5.41) is 3.48. The van der Waals surface area contributed by atoms with Gasteiger partial charge in [0.05, 0.1) is 0 Å². The Labute approximate surface area is 161 Å². The number of rotatable bonds is 7. The third kappa shape index (κ3) is 5.52. The average Bonchev–Trinajstić information content (AvgIpc) is 2.56. The quantitative estimate of drug-likeness (QED) is 0.746. The van der Waals surface area contributed by atoms with E-state index in [4.69, 9.17) is 11.6 Å². The van der Waals surface area contributed by atoms with Crippen LogP contribution in [0.25, 0.3) is 0 Å². The zero-order valence-electron chi connectivity index (χ0n) is 14.5. The predicted octanol–water partition coefficient (Wildman–Crippen LogP) is 3.04. The zero-order valence-corrected chi connectivity index (χ0v) is 16.9. The second-order valence-corrected chi connectivity index (χ2v) is 8.45. The minimum absolute atomic E-state index is 0. The van der Waals surface area contributed by atoms with Crippen LogP contribution in [0.3, 0.4) is 0 Å². The topological polar surface area (TPSA) is 52.7 Å². The highest BCUT2D eigenvalue weighted by molar-refractivity contribution is 7.86. The number of nitrogens with zero attached hydrogens (tertiary/aromatic N) is 2. The fourth-order valence-electron chi connectivity index (χ4n) is 2.97. The Balaban J connectivity index is 0.00000312. The minimum atomic E-state index is -3.68. The van der Waals surface area contributed by atoms with Crippen LogP contribution in [0.4, 0.5) is 4.39 Å². The number of hydrogen-bond acceptors (Lipinski definition) is 3. The number of halogens is 3. The van der Waals surface area contributed by atoms with Crippen molar-refractivity contribution in [2.75, 3.05) is 26.7 Å². The molecular weight excluding hydrogens is 388 g/mol. The molecule has 1 aliphatic rings. The molecule has 1 saturated heterocycles. The summed E-state index contributed by atoms with van der Waals surface area (Å²) in [6, 6.07) is 4.35. The van der Waals surface area contributed by atoms with Crippen molar-refractivity contribution in [1.82, 2.24) is 13.9 Å². The van der Waals surface area contributed by atoms with Gasteiger partial charge in [-0.3, -0.25) is 0 Å². The Bertz CT molecular complexity index is 635. The molecule has 0 atom stereocenters. The van der Waals surface area contributed by atoms with Crippen molar-refractivity contribution >= 4 is 34.2 Å². The lowest BCUT2D eigenvalue weighted by atomic mass is 10.1.